The molecule has 1 amide bonds. The molecule has 1 aromatic carbocycles. The predicted octanol–water partition coefficient (Wildman–Crippen LogP) is 3.59. The number of pyridine rings is 1. The normalized spacial score (nSPS) is 12.0. The summed E-state index contributed by atoms with van der Waals surface area (Å²) in [6.45, 7) is 7.61. The highest BCUT2D eigenvalue weighted by Gasteiger charge is 2.23. The Morgan fingerprint density at radius 3 is 2.23 bits per heavy atom. The smallest absolute Gasteiger partial charge is 0.259 e. The molecular weight excluding hydrogens is 418 g/mol. The van der Waals surface area contributed by atoms with Crippen LogP contribution in [0, 0.1) is 0 Å². The van der Waals surface area contributed by atoms with Gasteiger partial charge >= 0.3 is 0 Å². The third-order valence-electron chi connectivity index (χ3n) is 3.40. The van der Waals surface area contributed by atoms with Gasteiger partial charge in [-0.15, -0.1) is 0 Å². The molecule has 1 heterocycles. The first-order valence-electron chi connectivity index (χ1n) is 8.11. The highest BCUT2D eigenvalue weighted by Crippen LogP contribution is 2.19. The molecule has 140 valence electrons. The van der Waals surface area contributed by atoms with Crippen molar-refractivity contribution in [2.45, 2.75) is 38.1 Å². The number of nitrogens with zero attached hydrogens (tertiary/aromatic N) is 2. The van der Waals surface area contributed by atoms with Gasteiger partial charge in [-0.2, -0.15) is 0 Å². The van der Waals surface area contributed by atoms with E-state index in [9.17, 15) is 13.2 Å². The predicted molar refractivity (Wildman–Crippen MR) is 106 cm³/mol. The minimum atomic E-state index is -3.64. The average Bonchev–Trinajstić information content (AvgIpc) is 2.55. The summed E-state index contributed by atoms with van der Waals surface area (Å²) in [6.07, 6.45) is 1.62. The van der Waals surface area contributed by atoms with Gasteiger partial charge in [-0.05, 0) is 80.0 Å². The third-order valence-corrected chi connectivity index (χ3v) is 5.64. The van der Waals surface area contributed by atoms with Crippen LogP contribution in [-0.2, 0) is 10.0 Å². The van der Waals surface area contributed by atoms with E-state index in [1.54, 1.807) is 33.0 Å². The summed E-state index contributed by atoms with van der Waals surface area (Å²) < 4.78 is 28.1. The number of hydrogen-bond donors (Lipinski definition) is 1. The minimum absolute atomic E-state index is 0.119. The van der Waals surface area contributed by atoms with E-state index < -0.39 is 15.6 Å². The lowest BCUT2D eigenvalue weighted by atomic mass is 10.1. The molecule has 8 heteroatoms. The first-order chi connectivity index (χ1) is 12.0. The second-order valence-electron chi connectivity index (χ2n) is 6.76. The summed E-state index contributed by atoms with van der Waals surface area (Å²) in [5, 5.41) is 0. The molecule has 0 spiro atoms. The number of sulfonamides is 1. The van der Waals surface area contributed by atoms with Gasteiger partial charge in [0.15, 0.2) is 0 Å². The summed E-state index contributed by atoms with van der Waals surface area (Å²) in [6, 6.07) is 9.46. The molecular formula is C18H22BrN3O3S. The lowest BCUT2D eigenvalue weighted by molar-refractivity contribution is 0.0987. The number of carbonyl (C=O) groups excluding carboxylic acids is 1. The van der Waals surface area contributed by atoms with Gasteiger partial charge in [0.2, 0.25) is 10.0 Å². The maximum absolute atomic E-state index is 12.8. The maximum atomic E-state index is 12.8. The molecule has 0 radical (unpaired) electrons. The van der Waals surface area contributed by atoms with Crippen molar-refractivity contribution in [3.05, 3.63) is 52.6 Å². The van der Waals surface area contributed by atoms with E-state index in [0.717, 1.165) is 4.47 Å². The van der Waals surface area contributed by atoms with Crippen LogP contribution in [0.1, 0.15) is 38.1 Å². The Bertz CT molecular complexity index is 873. The van der Waals surface area contributed by atoms with Gasteiger partial charge in [-0.25, -0.2) is 18.1 Å². The summed E-state index contributed by atoms with van der Waals surface area (Å²) in [5.41, 5.74) is -0.189. The van der Waals surface area contributed by atoms with Crippen LogP contribution in [0.3, 0.4) is 0 Å². The molecule has 1 aromatic heterocycles. The van der Waals surface area contributed by atoms with E-state index in [4.69, 9.17) is 0 Å². The van der Waals surface area contributed by atoms with Gasteiger partial charge in [0.25, 0.3) is 5.91 Å². The van der Waals surface area contributed by atoms with Crippen LogP contribution in [0.5, 0.6) is 0 Å². The molecule has 0 aliphatic rings. The van der Waals surface area contributed by atoms with Gasteiger partial charge in [-0.3, -0.25) is 9.69 Å². The Hall–Kier alpha value is -1.77. The highest BCUT2D eigenvalue weighted by atomic mass is 79.9. The summed E-state index contributed by atoms with van der Waals surface area (Å²) in [5.74, 6) is 0.293. The van der Waals surface area contributed by atoms with Crippen molar-refractivity contribution in [2.24, 2.45) is 0 Å². The number of amides is 1. The van der Waals surface area contributed by atoms with Crippen molar-refractivity contribution in [3.8, 4) is 0 Å². The largest absolute Gasteiger partial charge is 0.293 e. The van der Waals surface area contributed by atoms with Crippen LogP contribution in [0.25, 0.3) is 0 Å². The third kappa shape index (κ3) is 5.12. The molecule has 1 N–H and O–H groups in total. The van der Waals surface area contributed by atoms with Crippen LogP contribution in [0.15, 0.2) is 52.0 Å². The van der Waals surface area contributed by atoms with Crippen LogP contribution in [-0.4, -0.2) is 31.4 Å². The Balaban J connectivity index is 2.26. The summed E-state index contributed by atoms with van der Waals surface area (Å²) in [4.78, 5) is 18.7. The van der Waals surface area contributed by atoms with E-state index in [0.29, 0.717) is 17.9 Å². The molecule has 2 rings (SSSR count). The molecule has 0 aliphatic carbocycles. The molecule has 0 bridgehead atoms. The number of nitrogens with one attached hydrogen (secondary N) is 1. The number of aromatic nitrogens is 1. The number of carbonyl (C=O) groups is 1. The summed E-state index contributed by atoms with van der Waals surface area (Å²) in [7, 11) is -3.64. The quantitative estimate of drug-likeness (QED) is 0.771. The fourth-order valence-corrected chi connectivity index (χ4v) is 3.98. The van der Waals surface area contributed by atoms with E-state index in [1.165, 1.54) is 29.2 Å². The van der Waals surface area contributed by atoms with Gasteiger partial charge < -0.3 is 0 Å². The highest BCUT2D eigenvalue weighted by molar-refractivity contribution is 9.10. The molecule has 0 saturated carbocycles. The van der Waals surface area contributed by atoms with Crippen molar-refractivity contribution >= 4 is 37.7 Å². The first kappa shape index (κ1) is 20.5. The topological polar surface area (TPSA) is 79.4 Å². The zero-order chi connectivity index (χ0) is 19.5. The van der Waals surface area contributed by atoms with Crippen LogP contribution < -0.4 is 9.62 Å². The van der Waals surface area contributed by atoms with Crippen molar-refractivity contribution < 1.29 is 13.2 Å². The van der Waals surface area contributed by atoms with Gasteiger partial charge in [0.1, 0.15) is 5.82 Å². The average molecular weight is 440 g/mol. The zero-order valence-corrected chi connectivity index (χ0v) is 17.6. The number of hydrogen-bond acceptors (Lipinski definition) is 4. The Labute approximate surface area is 162 Å². The Kier molecular flexibility index (Phi) is 6.21. The second-order valence-corrected chi connectivity index (χ2v) is 9.36. The molecule has 0 aliphatic heterocycles. The van der Waals surface area contributed by atoms with E-state index in [2.05, 4.69) is 25.6 Å². The molecule has 0 unspecified atom stereocenters. The standard InChI is InChI=1S/C18H22BrN3O3S/c1-5-22(16-11-8-14(19)12-20-16)17(23)13-6-9-15(10-7-13)26(24,25)21-18(2,3)4/h6-12,21H,5H2,1-4H3. The van der Waals surface area contributed by atoms with Crippen molar-refractivity contribution in [1.82, 2.24) is 9.71 Å². The van der Waals surface area contributed by atoms with E-state index in [1.807, 2.05) is 13.0 Å². The molecule has 0 atom stereocenters. The second kappa shape index (κ2) is 7.85. The van der Waals surface area contributed by atoms with E-state index >= 15 is 0 Å². The molecule has 6 nitrogen and oxygen atoms in total. The van der Waals surface area contributed by atoms with Crippen molar-refractivity contribution in [3.63, 3.8) is 0 Å². The number of anilines is 1. The summed E-state index contributed by atoms with van der Waals surface area (Å²) >= 11 is 3.32. The number of benzene rings is 1. The van der Waals surface area contributed by atoms with E-state index in [-0.39, 0.29) is 10.8 Å². The van der Waals surface area contributed by atoms with Gasteiger partial charge in [-0.1, -0.05) is 0 Å². The van der Waals surface area contributed by atoms with Crippen molar-refractivity contribution in [1.29, 1.82) is 0 Å². The van der Waals surface area contributed by atoms with Crippen molar-refractivity contribution in [2.75, 3.05) is 11.4 Å². The molecule has 0 saturated heterocycles. The number of halogens is 1. The lowest BCUT2D eigenvalue weighted by Gasteiger charge is -2.21. The molecule has 0 fully saturated rings. The first-order valence-corrected chi connectivity index (χ1v) is 10.4. The fourth-order valence-electron chi connectivity index (χ4n) is 2.33. The molecule has 26 heavy (non-hydrogen) atoms. The molecule has 2 aromatic rings. The van der Waals surface area contributed by atoms with Crippen LogP contribution >= 0.6 is 15.9 Å². The van der Waals surface area contributed by atoms with Gasteiger partial charge in [0.05, 0.1) is 4.90 Å². The monoisotopic (exact) mass is 439 g/mol. The number of rotatable bonds is 5. The zero-order valence-electron chi connectivity index (χ0n) is 15.2. The SMILES string of the molecule is CCN(C(=O)c1ccc(S(=O)(=O)NC(C)(C)C)cc1)c1ccc(Br)cn1. The van der Waals surface area contributed by atoms with Crippen LogP contribution in [0.4, 0.5) is 5.82 Å². The Morgan fingerprint density at radius 2 is 1.77 bits per heavy atom. The maximum Gasteiger partial charge on any atom is 0.259 e. The fraction of sp³-hybridized carbons (Fsp3) is 0.333. The van der Waals surface area contributed by atoms with Crippen LogP contribution in [0.2, 0.25) is 0 Å². The van der Waals surface area contributed by atoms with Gasteiger partial charge in [0, 0.05) is 28.3 Å². The lowest BCUT2D eigenvalue weighted by Crippen LogP contribution is -2.40. The Morgan fingerprint density at radius 1 is 1.15 bits per heavy atom. The minimum Gasteiger partial charge on any atom is -0.293 e.